The minimum atomic E-state index is -0.545. The van der Waals surface area contributed by atoms with Crippen LogP contribution in [-0.2, 0) is 22.6 Å². The normalized spacial score (nSPS) is 11.8. The molecule has 0 fully saturated rings. The second-order valence-corrected chi connectivity index (χ2v) is 7.25. The predicted octanol–water partition coefficient (Wildman–Crippen LogP) is 3.28. The molecule has 0 spiro atoms. The van der Waals surface area contributed by atoms with Crippen LogP contribution < -0.4 is 19.7 Å². The van der Waals surface area contributed by atoms with E-state index in [0.717, 1.165) is 5.56 Å². The number of anilines is 2. The zero-order valence-corrected chi connectivity index (χ0v) is 18.4. The number of fused-ring (bicyclic) bond motifs is 1. The molecule has 12 heteroatoms. The van der Waals surface area contributed by atoms with Gasteiger partial charge >= 0.3 is 11.7 Å². The van der Waals surface area contributed by atoms with Gasteiger partial charge < -0.3 is 28.8 Å². The topological polar surface area (TPSA) is 142 Å². The van der Waals surface area contributed by atoms with Crippen molar-refractivity contribution in [3.63, 3.8) is 0 Å². The van der Waals surface area contributed by atoms with Crippen LogP contribution in [0.1, 0.15) is 24.7 Å². The summed E-state index contributed by atoms with van der Waals surface area (Å²) in [4.78, 5) is 33.3. The van der Waals surface area contributed by atoms with E-state index in [1.54, 1.807) is 36.1 Å². The van der Waals surface area contributed by atoms with E-state index >= 15 is 0 Å². The van der Waals surface area contributed by atoms with Gasteiger partial charge in [-0.2, -0.15) is 0 Å². The predicted molar refractivity (Wildman–Crippen MR) is 120 cm³/mol. The Labute approximate surface area is 194 Å². The number of furan rings is 1. The molecule has 0 saturated carbocycles. The summed E-state index contributed by atoms with van der Waals surface area (Å²) in [6.45, 7) is 2.69. The molecule has 0 radical (unpaired) electrons. The Morgan fingerprint density at radius 1 is 1.26 bits per heavy atom. The maximum absolute atomic E-state index is 12.1. The van der Waals surface area contributed by atoms with Crippen molar-refractivity contribution in [2.75, 3.05) is 30.2 Å². The van der Waals surface area contributed by atoms with E-state index in [1.807, 2.05) is 6.07 Å². The molecule has 2 aromatic heterocycles. The standard InChI is InChI=1S/C22H23N5O7/c1-2-31-19(28)7-8-26(12-16-4-3-9-32-16)22-20(27(29)30)21(24-13-25-22)23-11-15-5-6-17-18(10-15)34-14-33-17/h3-6,9-10,13H,2,7-8,11-12,14H2,1H3,(H,23,24,25). The van der Waals surface area contributed by atoms with Gasteiger partial charge in [0.1, 0.15) is 12.1 Å². The zero-order valence-electron chi connectivity index (χ0n) is 18.4. The van der Waals surface area contributed by atoms with Gasteiger partial charge in [-0.25, -0.2) is 9.97 Å². The third-order valence-corrected chi connectivity index (χ3v) is 5.00. The number of esters is 1. The Kier molecular flexibility index (Phi) is 7.06. The van der Waals surface area contributed by atoms with Crippen LogP contribution in [0.3, 0.4) is 0 Å². The molecule has 0 saturated heterocycles. The van der Waals surface area contributed by atoms with Crippen LogP contribution in [0.5, 0.6) is 11.5 Å². The first kappa shape index (κ1) is 22.8. The summed E-state index contributed by atoms with van der Waals surface area (Å²) < 4.78 is 21.1. The SMILES string of the molecule is CCOC(=O)CCN(Cc1ccco1)c1ncnc(NCc2ccc3c(c2)OCO3)c1[N+](=O)[O-]. The van der Waals surface area contributed by atoms with Crippen LogP contribution in [0, 0.1) is 10.1 Å². The maximum atomic E-state index is 12.1. The van der Waals surface area contributed by atoms with Crippen molar-refractivity contribution in [2.45, 2.75) is 26.4 Å². The molecule has 34 heavy (non-hydrogen) atoms. The quantitative estimate of drug-likeness (QED) is 0.251. The van der Waals surface area contributed by atoms with E-state index in [4.69, 9.17) is 18.6 Å². The highest BCUT2D eigenvalue weighted by molar-refractivity contribution is 5.73. The van der Waals surface area contributed by atoms with Crippen LogP contribution in [0.25, 0.3) is 0 Å². The van der Waals surface area contributed by atoms with Gasteiger partial charge in [0.2, 0.25) is 18.4 Å². The largest absolute Gasteiger partial charge is 0.467 e. The number of nitrogens with one attached hydrogen (secondary N) is 1. The molecule has 3 heterocycles. The second-order valence-electron chi connectivity index (χ2n) is 7.25. The number of carbonyl (C=O) groups is 1. The molecule has 0 unspecified atom stereocenters. The first-order valence-corrected chi connectivity index (χ1v) is 10.6. The summed E-state index contributed by atoms with van der Waals surface area (Å²) in [7, 11) is 0. The molecule has 1 aromatic carbocycles. The summed E-state index contributed by atoms with van der Waals surface area (Å²) in [5.41, 5.74) is 0.520. The first-order chi connectivity index (χ1) is 16.5. The molecule has 0 atom stereocenters. The molecule has 3 aromatic rings. The van der Waals surface area contributed by atoms with E-state index in [9.17, 15) is 14.9 Å². The fourth-order valence-electron chi connectivity index (χ4n) is 3.44. The fourth-order valence-corrected chi connectivity index (χ4v) is 3.44. The van der Waals surface area contributed by atoms with Crippen LogP contribution in [0.15, 0.2) is 47.3 Å². The van der Waals surface area contributed by atoms with Gasteiger partial charge in [0.25, 0.3) is 0 Å². The fraction of sp³-hybridized carbons (Fsp3) is 0.318. The van der Waals surface area contributed by atoms with Crippen LogP contribution in [-0.4, -0.2) is 40.8 Å². The Balaban J connectivity index is 1.58. The lowest BCUT2D eigenvalue weighted by Gasteiger charge is -2.22. The lowest BCUT2D eigenvalue weighted by Crippen LogP contribution is -2.28. The van der Waals surface area contributed by atoms with Crippen LogP contribution in [0.2, 0.25) is 0 Å². The number of benzene rings is 1. The first-order valence-electron chi connectivity index (χ1n) is 10.6. The smallest absolute Gasteiger partial charge is 0.353 e. The molecule has 178 valence electrons. The van der Waals surface area contributed by atoms with Gasteiger partial charge in [0, 0.05) is 13.1 Å². The molecule has 1 aliphatic heterocycles. The zero-order chi connectivity index (χ0) is 23.9. The molecule has 0 amide bonds. The van der Waals surface area contributed by atoms with Gasteiger partial charge in [-0.1, -0.05) is 6.07 Å². The summed E-state index contributed by atoms with van der Waals surface area (Å²) in [5.74, 6) is 1.52. The minimum absolute atomic E-state index is 0.0235. The molecular formula is C22H23N5O7. The molecule has 1 aliphatic rings. The van der Waals surface area contributed by atoms with Crippen molar-refractivity contribution < 1.29 is 28.3 Å². The second kappa shape index (κ2) is 10.5. The summed E-state index contributed by atoms with van der Waals surface area (Å²) in [6.07, 6.45) is 2.77. The molecular weight excluding hydrogens is 446 g/mol. The lowest BCUT2D eigenvalue weighted by atomic mass is 10.2. The van der Waals surface area contributed by atoms with Crippen molar-refractivity contribution in [3.8, 4) is 11.5 Å². The number of ether oxygens (including phenoxy) is 3. The number of aromatic nitrogens is 2. The highest BCUT2D eigenvalue weighted by Gasteiger charge is 2.28. The third-order valence-electron chi connectivity index (χ3n) is 5.00. The van der Waals surface area contributed by atoms with E-state index in [0.29, 0.717) is 17.3 Å². The Morgan fingerprint density at radius 3 is 2.88 bits per heavy atom. The molecule has 0 aliphatic carbocycles. The maximum Gasteiger partial charge on any atom is 0.353 e. The average molecular weight is 469 g/mol. The highest BCUT2D eigenvalue weighted by atomic mass is 16.7. The van der Waals surface area contributed by atoms with Gasteiger partial charge in [-0.3, -0.25) is 14.9 Å². The van der Waals surface area contributed by atoms with E-state index in [1.165, 1.54) is 12.6 Å². The van der Waals surface area contributed by atoms with Gasteiger partial charge in [0.05, 0.1) is 30.8 Å². The van der Waals surface area contributed by atoms with Crippen LogP contribution in [0.4, 0.5) is 17.3 Å². The monoisotopic (exact) mass is 469 g/mol. The van der Waals surface area contributed by atoms with Crippen molar-refractivity contribution in [3.05, 3.63) is 64.4 Å². The van der Waals surface area contributed by atoms with Crippen LogP contribution >= 0.6 is 0 Å². The highest BCUT2D eigenvalue weighted by Crippen LogP contribution is 2.35. The summed E-state index contributed by atoms with van der Waals surface area (Å²) in [6, 6.07) is 8.86. The van der Waals surface area contributed by atoms with Crippen molar-refractivity contribution >= 4 is 23.3 Å². The number of nitrogens with zero attached hydrogens (tertiary/aromatic N) is 4. The number of nitro groups is 1. The molecule has 1 N–H and O–H groups in total. The molecule has 12 nitrogen and oxygen atoms in total. The van der Waals surface area contributed by atoms with Crippen molar-refractivity contribution in [1.29, 1.82) is 0 Å². The lowest BCUT2D eigenvalue weighted by molar-refractivity contribution is -0.383. The minimum Gasteiger partial charge on any atom is -0.467 e. The molecule has 4 rings (SSSR count). The van der Waals surface area contributed by atoms with E-state index in [-0.39, 0.29) is 56.8 Å². The van der Waals surface area contributed by atoms with Gasteiger partial charge in [-0.05, 0) is 36.8 Å². The van der Waals surface area contributed by atoms with Crippen molar-refractivity contribution in [1.82, 2.24) is 9.97 Å². The Hall–Kier alpha value is -4.35. The number of carbonyl (C=O) groups excluding carboxylic acids is 1. The summed E-state index contributed by atoms with van der Waals surface area (Å²) in [5, 5.41) is 15.1. The Bertz CT molecular complexity index is 1150. The summed E-state index contributed by atoms with van der Waals surface area (Å²) >= 11 is 0. The van der Waals surface area contributed by atoms with Gasteiger partial charge in [0.15, 0.2) is 11.5 Å². The molecule has 0 bridgehead atoms. The van der Waals surface area contributed by atoms with E-state index < -0.39 is 10.9 Å². The average Bonchev–Trinajstić information content (AvgIpc) is 3.51. The number of hydrogen-bond donors (Lipinski definition) is 1. The number of rotatable bonds is 11. The van der Waals surface area contributed by atoms with Gasteiger partial charge in [-0.15, -0.1) is 0 Å². The van der Waals surface area contributed by atoms with Crippen molar-refractivity contribution in [2.24, 2.45) is 0 Å². The Morgan fingerprint density at radius 2 is 2.12 bits per heavy atom. The number of hydrogen-bond acceptors (Lipinski definition) is 11. The van der Waals surface area contributed by atoms with E-state index in [2.05, 4.69) is 15.3 Å². The third kappa shape index (κ3) is 5.34.